The van der Waals surface area contributed by atoms with Crippen molar-refractivity contribution in [3.05, 3.63) is 39.2 Å². The predicted octanol–water partition coefficient (Wildman–Crippen LogP) is 4.60. The van der Waals surface area contributed by atoms with Gasteiger partial charge in [0.25, 0.3) is 0 Å². The molecule has 5 nitrogen and oxygen atoms in total. The van der Waals surface area contributed by atoms with E-state index in [1.807, 2.05) is 23.9 Å². The van der Waals surface area contributed by atoms with Crippen LogP contribution < -0.4 is 10.4 Å². The first-order chi connectivity index (χ1) is 12.5. The van der Waals surface area contributed by atoms with Crippen LogP contribution in [0.1, 0.15) is 31.7 Å². The number of carbonyl (C=O) groups is 1. The molecular formula is C19H23ClO5S. The molecule has 26 heavy (non-hydrogen) atoms. The fourth-order valence-corrected chi connectivity index (χ4v) is 3.29. The van der Waals surface area contributed by atoms with Gasteiger partial charge in [-0.15, -0.1) is 0 Å². The van der Waals surface area contributed by atoms with Gasteiger partial charge in [0.05, 0.1) is 13.2 Å². The molecule has 7 heteroatoms. The third-order valence-electron chi connectivity index (χ3n) is 3.75. The number of hydrogen-bond acceptors (Lipinski definition) is 6. The molecule has 0 aliphatic carbocycles. The van der Waals surface area contributed by atoms with Crippen LogP contribution in [0.5, 0.6) is 5.75 Å². The van der Waals surface area contributed by atoms with Crippen LogP contribution in [0.3, 0.4) is 0 Å². The number of halogens is 1. The van der Waals surface area contributed by atoms with Crippen molar-refractivity contribution in [2.45, 2.75) is 33.1 Å². The lowest BCUT2D eigenvalue weighted by Crippen LogP contribution is -2.05. The average molecular weight is 399 g/mol. The van der Waals surface area contributed by atoms with Gasteiger partial charge >= 0.3 is 11.6 Å². The molecule has 1 heterocycles. The highest BCUT2D eigenvalue weighted by molar-refractivity contribution is 7.99. The van der Waals surface area contributed by atoms with E-state index in [1.54, 1.807) is 19.9 Å². The maximum absolute atomic E-state index is 11.7. The van der Waals surface area contributed by atoms with Crippen LogP contribution in [-0.4, -0.2) is 30.7 Å². The molecule has 0 saturated heterocycles. The van der Waals surface area contributed by atoms with Crippen LogP contribution in [0.25, 0.3) is 11.0 Å². The van der Waals surface area contributed by atoms with Gasteiger partial charge < -0.3 is 13.9 Å². The Kier molecular flexibility index (Phi) is 8.32. The molecule has 0 N–H and O–H groups in total. The Morgan fingerprint density at radius 2 is 1.96 bits per heavy atom. The summed E-state index contributed by atoms with van der Waals surface area (Å²) in [7, 11) is 0. The van der Waals surface area contributed by atoms with Crippen LogP contribution in [-0.2, 0) is 9.53 Å². The fourth-order valence-electron chi connectivity index (χ4n) is 2.30. The topological polar surface area (TPSA) is 65.7 Å². The molecule has 0 aliphatic rings. The minimum Gasteiger partial charge on any atom is -0.493 e. The third-order valence-corrected chi connectivity index (χ3v) is 5.35. The SMILES string of the molecule is CCC(=O)OCCCSCCCOc1ccc2c(C)c(Cl)c(=O)oc2c1. The molecule has 2 rings (SSSR count). The van der Waals surface area contributed by atoms with Gasteiger partial charge in [0.2, 0.25) is 0 Å². The highest BCUT2D eigenvalue weighted by Gasteiger charge is 2.09. The lowest BCUT2D eigenvalue weighted by molar-refractivity contribution is -0.143. The van der Waals surface area contributed by atoms with E-state index in [9.17, 15) is 9.59 Å². The average Bonchev–Trinajstić information content (AvgIpc) is 2.64. The summed E-state index contributed by atoms with van der Waals surface area (Å²) >= 11 is 7.73. The van der Waals surface area contributed by atoms with E-state index >= 15 is 0 Å². The first-order valence-corrected chi connectivity index (χ1v) is 10.1. The quantitative estimate of drug-likeness (QED) is 0.331. The fraction of sp³-hybridized carbons (Fsp3) is 0.474. The number of esters is 1. The third kappa shape index (κ3) is 5.95. The Morgan fingerprint density at radius 3 is 2.69 bits per heavy atom. The summed E-state index contributed by atoms with van der Waals surface area (Å²) < 4.78 is 16.0. The van der Waals surface area contributed by atoms with Crippen molar-refractivity contribution < 1.29 is 18.7 Å². The first kappa shape index (κ1) is 20.6. The Morgan fingerprint density at radius 1 is 1.23 bits per heavy atom. The number of ether oxygens (including phenoxy) is 2. The van der Waals surface area contributed by atoms with Gasteiger partial charge in [0, 0.05) is 17.9 Å². The van der Waals surface area contributed by atoms with E-state index in [-0.39, 0.29) is 11.0 Å². The summed E-state index contributed by atoms with van der Waals surface area (Å²) in [6.07, 6.45) is 2.19. The number of aryl methyl sites for hydroxylation is 1. The molecule has 0 spiro atoms. The highest BCUT2D eigenvalue weighted by atomic mass is 35.5. The van der Waals surface area contributed by atoms with Gasteiger partial charge in [-0.05, 0) is 49.0 Å². The van der Waals surface area contributed by atoms with Crippen LogP contribution in [0.15, 0.2) is 27.4 Å². The molecule has 0 aliphatic heterocycles. The van der Waals surface area contributed by atoms with E-state index in [0.717, 1.165) is 29.7 Å². The van der Waals surface area contributed by atoms with Gasteiger partial charge in [-0.1, -0.05) is 18.5 Å². The van der Waals surface area contributed by atoms with Crippen molar-refractivity contribution in [2.75, 3.05) is 24.7 Å². The van der Waals surface area contributed by atoms with E-state index < -0.39 is 5.63 Å². The van der Waals surface area contributed by atoms with Crippen molar-refractivity contribution in [3.8, 4) is 5.75 Å². The van der Waals surface area contributed by atoms with Crippen molar-refractivity contribution in [2.24, 2.45) is 0 Å². The molecule has 0 radical (unpaired) electrons. The molecule has 0 unspecified atom stereocenters. The number of fused-ring (bicyclic) bond motifs is 1. The van der Waals surface area contributed by atoms with Gasteiger partial charge in [0.1, 0.15) is 16.4 Å². The monoisotopic (exact) mass is 398 g/mol. The minimum atomic E-state index is -0.533. The number of hydrogen-bond donors (Lipinski definition) is 0. The molecule has 0 fully saturated rings. The zero-order valence-corrected chi connectivity index (χ0v) is 16.6. The second-order valence-electron chi connectivity index (χ2n) is 5.73. The molecule has 2 aromatic rings. The van der Waals surface area contributed by atoms with Crippen LogP contribution in [0, 0.1) is 6.92 Å². The Bertz CT molecular complexity index is 802. The van der Waals surface area contributed by atoms with E-state index in [2.05, 4.69) is 0 Å². The van der Waals surface area contributed by atoms with Gasteiger partial charge in [-0.3, -0.25) is 4.79 Å². The summed E-state index contributed by atoms with van der Waals surface area (Å²) in [6, 6.07) is 5.41. The van der Waals surface area contributed by atoms with Crippen molar-refractivity contribution in [1.29, 1.82) is 0 Å². The highest BCUT2D eigenvalue weighted by Crippen LogP contribution is 2.26. The normalized spacial score (nSPS) is 10.9. The summed E-state index contributed by atoms with van der Waals surface area (Å²) in [5.74, 6) is 2.45. The van der Waals surface area contributed by atoms with E-state index in [4.69, 9.17) is 25.5 Å². The summed E-state index contributed by atoms with van der Waals surface area (Å²) in [5.41, 5.74) is 0.658. The molecule has 0 amide bonds. The molecular weight excluding hydrogens is 376 g/mol. The van der Waals surface area contributed by atoms with Crippen LogP contribution in [0.4, 0.5) is 0 Å². The van der Waals surface area contributed by atoms with Crippen molar-refractivity contribution in [3.63, 3.8) is 0 Å². The van der Waals surface area contributed by atoms with Crippen LogP contribution in [0.2, 0.25) is 5.02 Å². The summed E-state index contributed by atoms with van der Waals surface area (Å²) in [4.78, 5) is 22.6. The second-order valence-corrected chi connectivity index (χ2v) is 7.33. The van der Waals surface area contributed by atoms with E-state index in [0.29, 0.717) is 36.5 Å². The number of thioether (sulfide) groups is 1. The second kappa shape index (κ2) is 10.5. The Labute approximate surface area is 162 Å². The smallest absolute Gasteiger partial charge is 0.355 e. The standard InChI is InChI=1S/C19H23ClO5S/c1-3-17(21)24-9-5-11-26-10-4-8-23-14-6-7-15-13(2)18(20)19(22)25-16(15)12-14/h6-7,12H,3-5,8-11H2,1-2H3. The number of carbonyl (C=O) groups excluding carboxylic acids is 1. The summed E-state index contributed by atoms with van der Waals surface area (Å²) in [6.45, 7) is 4.65. The maximum Gasteiger partial charge on any atom is 0.355 e. The summed E-state index contributed by atoms with van der Waals surface area (Å²) in [5, 5.41) is 0.925. The molecule has 142 valence electrons. The molecule has 0 saturated carbocycles. The number of rotatable bonds is 10. The zero-order chi connectivity index (χ0) is 18.9. The van der Waals surface area contributed by atoms with Crippen molar-refractivity contribution >= 4 is 40.3 Å². The van der Waals surface area contributed by atoms with Crippen molar-refractivity contribution in [1.82, 2.24) is 0 Å². The predicted molar refractivity (Wildman–Crippen MR) is 106 cm³/mol. The molecule has 1 aromatic heterocycles. The number of benzene rings is 1. The lowest BCUT2D eigenvalue weighted by atomic mass is 10.1. The molecule has 0 bridgehead atoms. The van der Waals surface area contributed by atoms with Gasteiger partial charge in [0.15, 0.2) is 0 Å². The van der Waals surface area contributed by atoms with Gasteiger partial charge in [-0.2, -0.15) is 11.8 Å². The minimum absolute atomic E-state index is 0.118. The molecule has 0 atom stereocenters. The zero-order valence-electron chi connectivity index (χ0n) is 15.0. The van der Waals surface area contributed by atoms with Crippen LogP contribution >= 0.6 is 23.4 Å². The Hall–Kier alpha value is -1.66. The van der Waals surface area contributed by atoms with E-state index in [1.165, 1.54) is 0 Å². The maximum atomic E-state index is 11.7. The Balaban J connectivity index is 1.69. The van der Waals surface area contributed by atoms with Gasteiger partial charge in [-0.25, -0.2) is 4.79 Å². The lowest BCUT2D eigenvalue weighted by Gasteiger charge is -2.08. The molecule has 1 aromatic carbocycles. The largest absolute Gasteiger partial charge is 0.493 e. The first-order valence-electron chi connectivity index (χ1n) is 8.62.